The Labute approximate surface area is 133 Å². The molecule has 0 bridgehead atoms. The standard InChI is InChI=1S/C16H20O7/c1-9(17)10-6-11(22-15(2,3)13(18)19)8-12(7-10)23-16(4,5)14(20)21/h6-8H,1-5H3,(H,18,19)(H,20,21). The Kier molecular flexibility index (Phi) is 5.04. The number of carbonyl (C=O) groups excluding carboxylic acids is 1. The van der Waals surface area contributed by atoms with Crippen LogP contribution in [0.1, 0.15) is 45.0 Å². The van der Waals surface area contributed by atoms with Gasteiger partial charge in [0.05, 0.1) is 0 Å². The summed E-state index contributed by atoms with van der Waals surface area (Å²) in [7, 11) is 0. The summed E-state index contributed by atoms with van der Waals surface area (Å²) in [5, 5.41) is 18.2. The van der Waals surface area contributed by atoms with Crippen LogP contribution in [0.15, 0.2) is 18.2 Å². The van der Waals surface area contributed by atoms with Crippen LogP contribution in [-0.2, 0) is 9.59 Å². The molecule has 23 heavy (non-hydrogen) atoms. The molecular formula is C16H20O7. The fourth-order valence-electron chi connectivity index (χ4n) is 1.57. The van der Waals surface area contributed by atoms with Crippen LogP contribution >= 0.6 is 0 Å². The summed E-state index contributed by atoms with van der Waals surface area (Å²) >= 11 is 0. The Hall–Kier alpha value is -2.57. The Morgan fingerprint density at radius 2 is 1.17 bits per heavy atom. The molecule has 1 rings (SSSR count). The van der Waals surface area contributed by atoms with Crippen LogP contribution in [0.5, 0.6) is 11.5 Å². The Balaban J connectivity index is 3.26. The van der Waals surface area contributed by atoms with E-state index in [-0.39, 0.29) is 22.8 Å². The summed E-state index contributed by atoms with van der Waals surface area (Å²) in [4.78, 5) is 33.9. The smallest absolute Gasteiger partial charge is 0.347 e. The van der Waals surface area contributed by atoms with Crippen molar-refractivity contribution in [3.8, 4) is 11.5 Å². The zero-order chi connectivity index (χ0) is 18.0. The van der Waals surface area contributed by atoms with Crippen molar-refractivity contribution in [3.63, 3.8) is 0 Å². The van der Waals surface area contributed by atoms with Gasteiger partial charge in [0.1, 0.15) is 11.5 Å². The Morgan fingerprint density at radius 1 is 0.826 bits per heavy atom. The molecule has 0 fully saturated rings. The van der Waals surface area contributed by atoms with Crippen LogP contribution in [0.3, 0.4) is 0 Å². The van der Waals surface area contributed by atoms with E-state index in [1.165, 1.54) is 52.8 Å². The number of ketones is 1. The van der Waals surface area contributed by atoms with Gasteiger partial charge in [-0.2, -0.15) is 0 Å². The van der Waals surface area contributed by atoms with E-state index in [0.29, 0.717) is 0 Å². The van der Waals surface area contributed by atoms with Gasteiger partial charge < -0.3 is 19.7 Å². The molecule has 0 heterocycles. The second-order valence-corrected chi connectivity index (χ2v) is 6.08. The normalized spacial score (nSPS) is 11.7. The lowest BCUT2D eigenvalue weighted by atomic mass is 10.1. The molecule has 0 aliphatic carbocycles. The van der Waals surface area contributed by atoms with Crippen LogP contribution < -0.4 is 9.47 Å². The van der Waals surface area contributed by atoms with Crippen molar-refractivity contribution in [2.45, 2.75) is 45.8 Å². The van der Waals surface area contributed by atoms with Crippen molar-refractivity contribution in [2.75, 3.05) is 0 Å². The first-order valence-corrected chi connectivity index (χ1v) is 6.86. The molecule has 0 radical (unpaired) electrons. The summed E-state index contributed by atoms with van der Waals surface area (Å²) in [5.41, 5.74) is -2.82. The fourth-order valence-corrected chi connectivity index (χ4v) is 1.57. The zero-order valence-electron chi connectivity index (χ0n) is 13.7. The number of hydrogen-bond donors (Lipinski definition) is 2. The van der Waals surface area contributed by atoms with Crippen molar-refractivity contribution in [2.24, 2.45) is 0 Å². The Morgan fingerprint density at radius 3 is 1.43 bits per heavy atom. The molecule has 0 aromatic heterocycles. The van der Waals surface area contributed by atoms with Crippen molar-refractivity contribution in [3.05, 3.63) is 23.8 Å². The minimum Gasteiger partial charge on any atom is -0.478 e. The minimum absolute atomic E-state index is 0.0984. The maximum atomic E-state index is 11.6. The van der Waals surface area contributed by atoms with Gasteiger partial charge in [0, 0.05) is 11.6 Å². The summed E-state index contributed by atoms with van der Waals surface area (Å²) in [5.74, 6) is -2.46. The van der Waals surface area contributed by atoms with Gasteiger partial charge >= 0.3 is 11.9 Å². The van der Waals surface area contributed by atoms with Gasteiger partial charge in [-0.1, -0.05) is 0 Å². The van der Waals surface area contributed by atoms with Crippen molar-refractivity contribution < 1.29 is 34.1 Å². The van der Waals surface area contributed by atoms with E-state index in [9.17, 15) is 14.4 Å². The lowest BCUT2D eigenvalue weighted by molar-refractivity contribution is -0.152. The van der Waals surface area contributed by atoms with E-state index in [1.807, 2.05) is 0 Å². The molecule has 0 atom stereocenters. The molecule has 0 saturated carbocycles. The SMILES string of the molecule is CC(=O)c1cc(OC(C)(C)C(=O)O)cc(OC(C)(C)C(=O)O)c1. The molecule has 126 valence electrons. The van der Waals surface area contributed by atoms with Gasteiger partial charge in [0.2, 0.25) is 0 Å². The van der Waals surface area contributed by atoms with E-state index in [2.05, 4.69) is 0 Å². The van der Waals surface area contributed by atoms with Crippen LogP contribution in [0.4, 0.5) is 0 Å². The number of aliphatic carboxylic acids is 2. The van der Waals surface area contributed by atoms with Gasteiger partial charge in [0.15, 0.2) is 17.0 Å². The number of carboxylic acids is 2. The Bertz CT molecular complexity index is 598. The fraction of sp³-hybridized carbons (Fsp3) is 0.438. The molecule has 0 unspecified atom stereocenters. The molecular weight excluding hydrogens is 304 g/mol. The van der Waals surface area contributed by atoms with E-state index in [1.54, 1.807) is 0 Å². The summed E-state index contributed by atoms with van der Waals surface area (Å²) in [6, 6.07) is 4.11. The van der Waals surface area contributed by atoms with Gasteiger partial charge in [-0.05, 0) is 46.8 Å². The van der Waals surface area contributed by atoms with E-state index in [0.717, 1.165) is 0 Å². The third-order valence-corrected chi connectivity index (χ3v) is 3.06. The second-order valence-electron chi connectivity index (χ2n) is 6.08. The van der Waals surface area contributed by atoms with Crippen LogP contribution in [-0.4, -0.2) is 39.1 Å². The van der Waals surface area contributed by atoms with Crippen molar-refractivity contribution in [1.29, 1.82) is 0 Å². The highest BCUT2D eigenvalue weighted by molar-refractivity contribution is 5.95. The van der Waals surface area contributed by atoms with E-state index < -0.39 is 23.1 Å². The van der Waals surface area contributed by atoms with Gasteiger partial charge in [-0.15, -0.1) is 0 Å². The first-order chi connectivity index (χ1) is 10.3. The topological polar surface area (TPSA) is 110 Å². The lowest BCUT2D eigenvalue weighted by Crippen LogP contribution is -2.38. The maximum Gasteiger partial charge on any atom is 0.347 e. The average molecular weight is 324 g/mol. The van der Waals surface area contributed by atoms with Crippen LogP contribution in [0.25, 0.3) is 0 Å². The molecule has 0 amide bonds. The summed E-state index contributed by atoms with van der Waals surface area (Å²) < 4.78 is 10.8. The highest BCUT2D eigenvalue weighted by Crippen LogP contribution is 2.29. The molecule has 2 N–H and O–H groups in total. The molecule has 1 aromatic carbocycles. The number of hydrogen-bond acceptors (Lipinski definition) is 5. The zero-order valence-corrected chi connectivity index (χ0v) is 13.7. The first kappa shape index (κ1) is 18.5. The summed E-state index contributed by atoms with van der Waals surface area (Å²) in [6.45, 7) is 6.76. The average Bonchev–Trinajstić information content (AvgIpc) is 2.36. The molecule has 7 nitrogen and oxygen atoms in total. The molecule has 7 heteroatoms. The van der Waals surface area contributed by atoms with Crippen LogP contribution in [0, 0.1) is 0 Å². The largest absolute Gasteiger partial charge is 0.478 e. The van der Waals surface area contributed by atoms with Crippen LogP contribution in [0.2, 0.25) is 0 Å². The molecule has 1 aromatic rings. The highest BCUT2D eigenvalue weighted by Gasteiger charge is 2.32. The number of carboxylic acid groups (broad SMARTS) is 2. The van der Waals surface area contributed by atoms with Gasteiger partial charge in [-0.3, -0.25) is 4.79 Å². The summed E-state index contributed by atoms with van der Waals surface area (Å²) in [6.07, 6.45) is 0. The number of rotatable bonds is 7. The minimum atomic E-state index is -1.52. The number of carbonyl (C=O) groups is 3. The number of ether oxygens (including phenoxy) is 2. The van der Waals surface area contributed by atoms with Gasteiger partial charge in [0.25, 0.3) is 0 Å². The van der Waals surface area contributed by atoms with Crippen molar-refractivity contribution in [1.82, 2.24) is 0 Å². The molecule has 0 saturated heterocycles. The van der Waals surface area contributed by atoms with E-state index in [4.69, 9.17) is 19.7 Å². The third-order valence-electron chi connectivity index (χ3n) is 3.06. The maximum absolute atomic E-state index is 11.6. The van der Waals surface area contributed by atoms with E-state index >= 15 is 0 Å². The monoisotopic (exact) mass is 324 g/mol. The predicted molar refractivity (Wildman–Crippen MR) is 81.1 cm³/mol. The molecule has 0 aliphatic rings. The first-order valence-electron chi connectivity index (χ1n) is 6.86. The molecule has 0 aliphatic heterocycles. The van der Waals surface area contributed by atoms with Gasteiger partial charge in [-0.25, -0.2) is 9.59 Å². The van der Waals surface area contributed by atoms with Crippen molar-refractivity contribution >= 4 is 17.7 Å². The quantitative estimate of drug-likeness (QED) is 0.741. The third kappa shape index (κ3) is 4.70. The predicted octanol–water partition coefficient (Wildman–Crippen LogP) is 2.37. The lowest BCUT2D eigenvalue weighted by Gasteiger charge is -2.24. The number of benzene rings is 1. The second kappa shape index (κ2) is 6.28. The highest BCUT2D eigenvalue weighted by atomic mass is 16.5. The number of Topliss-reactive ketones (excluding diaryl/α,β-unsaturated/α-hetero) is 1. The molecule has 0 spiro atoms.